The largest absolute Gasteiger partial charge is 0.324 e. The number of nitrogens with zero attached hydrogens (tertiary/aromatic N) is 2. The normalized spacial score (nSPS) is 12.7. The smallest absolute Gasteiger partial charge is 0.0624 e. The fraction of sp³-hybridized carbons (Fsp3) is 0.438. The van der Waals surface area contributed by atoms with E-state index in [4.69, 9.17) is 17.3 Å². The molecule has 1 heterocycles. The van der Waals surface area contributed by atoms with Crippen LogP contribution in [0.3, 0.4) is 0 Å². The number of benzene rings is 1. The van der Waals surface area contributed by atoms with Crippen LogP contribution in [0.2, 0.25) is 5.02 Å². The molecule has 0 bridgehead atoms. The summed E-state index contributed by atoms with van der Waals surface area (Å²) in [6.45, 7) is 7.10. The molecule has 0 aliphatic rings. The minimum absolute atomic E-state index is 0.102. The van der Waals surface area contributed by atoms with Crippen LogP contribution in [-0.4, -0.2) is 9.78 Å². The zero-order valence-electron chi connectivity index (χ0n) is 12.4. The van der Waals surface area contributed by atoms with Crippen LogP contribution in [0.1, 0.15) is 42.4 Å². The molecule has 0 spiro atoms. The fourth-order valence-corrected chi connectivity index (χ4v) is 2.77. The molecule has 0 aliphatic carbocycles. The van der Waals surface area contributed by atoms with E-state index in [-0.39, 0.29) is 6.04 Å². The van der Waals surface area contributed by atoms with Crippen molar-refractivity contribution in [1.82, 2.24) is 9.78 Å². The minimum Gasteiger partial charge on any atom is -0.324 e. The van der Waals surface area contributed by atoms with Gasteiger partial charge in [-0.15, -0.1) is 0 Å². The zero-order valence-corrected chi connectivity index (χ0v) is 13.1. The van der Waals surface area contributed by atoms with Crippen LogP contribution in [0.25, 0.3) is 0 Å². The Kier molecular flexibility index (Phi) is 4.84. The van der Waals surface area contributed by atoms with Crippen molar-refractivity contribution in [2.45, 2.75) is 46.2 Å². The van der Waals surface area contributed by atoms with Crippen LogP contribution in [0.15, 0.2) is 24.3 Å². The van der Waals surface area contributed by atoms with Gasteiger partial charge in [-0.1, -0.05) is 30.7 Å². The van der Waals surface area contributed by atoms with Gasteiger partial charge < -0.3 is 5.73 Å². The van der Waals surface area contributed by atoms with Gasteiger partial charge in [0.1, 0.15) is 0 Å². The quantitative estimate of drug-likeness (QED) is 0.913. The van der Waals surface area contributed by atoms with Crippen LogP contribution >= 0.6 is 11.6 Å². The van der Waals surface area contributed by atoms with Gasteiger partial charge in [0, 0.05) is 29.7 Å². The molecule has 2 rings (SSSR count). The molecule has 4 heteroatoms. The van der Waals surface area contributed by atoms with Gasteiger partial charge in [0.25, 0.3) is 0 Å². The predicted octanol–water partition coefficient (Wildman–Crippen LogP) is 3.67. The molecule has 0 fully saturated rings. The second-order valence-electron chi connectivity index (χ2n) is 5.13. The van der Waals surface area contributed by atoms with Crippen molar-refractivity contribution in [3.05, 3.63) is 51.8 Å². The Morgan fingerprint density at radius 2 is 2.05 bits per heavy atom. The summed E-state index contributed by atoms with van der Waals surface area (Å²) in [6.07, 6.45) is 1.70. The highest BCUT2D eigenvalue weighted by Crippen LogP contribution is 2.25. The zero-order chi connectivity index (χ0) is 14.7. The number of aromatic nitrogens is 2. The second-order valence-corrected chi connectivity index (χ2v) is 5.54. The highest BCUT2D eigenvalue weighted by molar-refractivity contribution is 6.31. The van der Waals surface area contributed by atoms with Gasteiger partial charge in [-0.25, -0.2) is 0 Å². The third-order valence-corrected chi connectivity index (χ3v) is 3.89. The summed E-state index contributed by atoms with van der Waals surface area (Å²) in [5, 5.41) is 5.30. The van der Waals surface area contributed by atoms with Gasteiger partial charge in [0.05, 0.1) is 5.69 Å². The van der Waals surface area contributed by atoms with Crippen molar-refractivity contribution in [2.24, 2.45) is 5.73 Å². The minimum atomic E-state index is -0.102. The Morgan fingerprint density at radius 1 is 1.30 bits per heavy atom. The van der Waals surface area contributed by atoms with Gasteiger partial charge in [-0.3, -0.25) is 4.68 Å². The maximum Gasteiger partial charge on any atom is 0.0624 e. The lowest BCUT2D eigenvalue weighted by atomic mass is 10.0. The highest BCUT2D eigenvalue weighted by atomic mass is 35.5. The van der Waals surface area contributed by atoms with Crippen molar-refractivity contribution >= 4 is 11.6 Å². The van der Waals surface area contributed by atoms with Gasteiger partial charge in [-0.2, -0.15) is 5.10 Å². The Morgan fingerprint density at radius 3 is 2.65 bits per heavy atom. The van der Waals surface area contributed by atoms with E-state index in [1.807, 2.05) is 23.7 Å². The van der Waals surface area contributed by atoms with Gasteiger partial charge in [0.15, 0.2) is 0 Å². The monoisotopic (exact) mass is 291 g/mol. The van der Waals surface area contributed by atoms with E-state index in [1.54, 1.807) is 0 Å². The maximum absolute atomic E-state index is 6.33. The van der Waals surface area contributed by atoms with Crippen LogP contribution in [0, 0.1) is 6.92 Å². The van der Waals surface area contributed by atoms with E-state index in [0.29, 0.717) is 0 Å². The predicted molar refractivity (Wildman–Crippen MR) is 84.1 cm³/mol. The molecule has 0 radical (unpaired) electrons. The molecule has 2 aromatic rings. The molecule has 3 nitrogen and oxygen atoms in total. The standard InChI is InChI=1S/C16H22ClN3/c1-4-12-9-13(20(5-2)19-12)10-16(18)14-7-6-11(3)8-15(14)17/h6-9,16H,4-5,10,18H2,1-3H3. The third kappa shape index (κ3) is 3.22. The Bertz CT molecular complexity index is 589. The lowest BCUT2D eigenvalue weighted by Crippen LogP contribution is -2.16. The number of aryl methyl sites for hydroxylation is 3. The molecular weight excluding hydrogens is 270 g/mol. The third-order valence-electron chi connectivity index (χ3n) is 3.56. The molecule has 0 aliphatic heterocycles. The number of hydrogen-bond acceptors (Lipinski definition) is 2. The second kappa shape index (κ2) is 6.42. The van der Waals surface area contributed by atoms with Crippen molar-refractivity contribution in [3.8, 4) is 0 Å². The average molecular weight is 292 g/mol. The molecule has 1 unspecified atom stereocenters. The molecule has 0 saturated carbocycles. The van der Waals surface area contributed by atoms with Crippen molar-refractivity contribution in [2.75, 3.05) is 0 Å². The number of nitrogens with two attached hydrogens (primary N) is 1. The summed E-state index contributed by atoms with van der Waals surface area (Å²) in [6, 6.07) is 8.08. The number of halogens is 1. The molecule has 1 aromatic heterocycles. The van der Waals surface area contributed by atoms with E-state index < -0.39 is 0 Å². The van der Waals surface area contributed by atoms with Crippen LogP contribution < -0.4 is 5.73 Å². The highest BCUT2D eigenvalue weighted by Gasteiger charge is 2.14. The lowest BCUT2D eigenvalue weighted by Gasteiger charge is -2.15. The van der Waals surface area contributed by atoms with Crippen LogP contribution in [-0.2, 0) is 19.4 Å². The van der Waals surface area contributed by atoms with E-state index in [9.17, 15) is 0 Å². The van der Waals surface area contributed by atoms with E-state index >= 15 is 0 Å². The Balaban J connectivity index is 2.22. The Hall–Kier alpha value is -1.32. The molecular formula is C16H22ClN3. The molecule has 0 amide bonds. The van der Waals surface area contributed by atoms with E-state index in [1.165, 1.54) is 5.69 Å². The Labute approximate surface area is 125 Å². The van der Waals surface area contributed by atoms with Crippen molar-refractivity contribution in [1.29, 1.82) is 0 Å². The van der Waals surface area contributed by atoms with Crippen molar-refractivity contribution in [3.63, 3.8) is 0 Å². The van der Waals surface area contributed by atoms with Crippen LogP contribution in [0.4, 0.5) is 0 Å². The molecule has 1 atom stereocenters. The molecule has 1 aromatic carbocycles. The average Bonchev–Trinajstić information content (AvgIpc) is 2.80. The first-order valence-corrected chi connectivity index (χ1v) is 7.50. The summed E-state index contributed by atoms with van der Waals surface area (Å²) in [5.74, 6) is 0. The van der Waals surface area contributed by atoms with Gasteiger partial charge in [0.2, 0.25) is 0 Å². The summed E-state index contributed by atoms with van der Waals surface area (Å²) in [5.41, 5.74) is 10.8. The summed E-state index contributed by atoms with van der Waals surface area (Å²) >= 11 is 6.29. The van der Waals surface area contributed by atoms with Crippen LogP contribution in [0.5, 0.6) is 0 Å². The van der Waals surface area contributed by atoms with E-state index in [2.05, 4.69) is 31.1 Å². The number of rotatable bonds is 5. The van der Waals surface area contributed by atoms with Crippen molar-refractivity contribution < 1.29 is 0 Å². The topological polar surface area (TPSA) is 43.8 Å². The first kappa shape index (κ1) is 15.1. The molecule has 20 heavy (non-hydrogen) atoms. The SMILES string of the molecule is CCc1cc(CC(N)c2ccc(C)cc2Cl)n(CC)n1. The first-order chi connectivity index (χ1) is 9.55. The molecule has 108 valence electrons. The summed E-state index contributed by atoms with van der Waals surface area (Å²) < 4.78 is 2.03. The summed E-state index contributed by atoms with van der Waals surface area (Å²) in [7, 11) is 0. The first-order valence-electron chi connectivity index (χ1n) is 7.12. The van der Waals surface area contributed by atoms with Gasteiger partial charge >= 0.3 is 0 Å². The summed E-state index contributed by atoms with van der Waals surface area (Å²) in [4.78, 5) is 0. The maximum atomic E-state index is 6.33. The molecule has 2 N–H and O–H groups in total. The fourth-order valence-electron chi connectivity index (χ4n) is 2.39. The van der Waals surface area contributed by atoms with E-state index in [0.717, 1.165) is 41.2 Å². The molecule has 0 saturated heterocycles. The lowest BCUT2D eigenvalue weighted by molar-refractivity contribution is 0.585. The number of hydrogen-bond donors (Lipinski definition) is 1. The van der Waals surface area contributed by atoms with Gasteiger partial charge in [-0.05, 0) is 43.5 Å².